The van der Waals surface area contributed by atoms with Crippen LogP contribution in [-0.2, 0) is 14.9 Å². The monoisotopic (exact) mass is 493 g/mol. The number of unbranched alkanes of at least 4 members (excludes halogenated alkanes) is 5. The third kappa shape index (κ3) is 5.20. The zero-order valence-corrected chi connectivity index (χ0v) is 21.8. The Kier molecular flexibility index (Phi) is 7.16. The van der Waals surface area contributed by atoms with Crippen LogP contribution < -0.4 is 10.2 Å². The lowest BCUT2D eigenvalue weighted by molar-refractivity contribution is -0.142. The van der Waals surface area contributed by atoms with Crippen LogP contribution in [0.2, 0.25) is 0 Å². The van der Waals surface area contributed by atoms with Gasteiger partial charge in [0, 0.05) is 29.9 Å². The molecule has 2 atom stereocenters. The number of anilines is 3. The SMILES string of the molecule is CCCCCCCC[C@@H]1C[C@@H](C(=O)OC)N(c2nc(Nc3cc(C4(C)CC4)[nH]n3)c3cccn3n2)C1. The fourth-order valence-corrected chi connectivity index (χ4v) is 5.34. The van der Waals surface area contributed by atoms with Crippen LogP contribution in [0, 0.1) is 5.92 Å². The molecule has 2 fully saturated rings. The highest BCUT2D eigenvalue weighted by atomic mass is 16.5. The van der Waals surface area contributed by atoms with E-state index in [4.69, 9.17) is 14.8 Å². The minimum absolute atomic E-state index is 0.211. The first-order chi connectivity index (χ1) is 17.5. The van der Waals surface area contributed by atoms with E-state index < -0.39 is 0 Å². The van der Waals surface area contributed by atoms with E-state index in [1.807, 2.05) is 27.7 Å². The number of aromatic nitrogens is 5. The number of hydrogen-bond acceptors (Lipinski definition) is 7. The number of nitrogens with one attached hydrogen (secondary N) is 2. The first-order valence-electron chi connectivity index (χ1n) is 13.5. The maximum absolute atomic E-state index is 12.7. The van der Waals surface area contributed by atoms with Crippen LogP contribution in [0.4, 0.5) is 17.6 Å². The van der Waals surface area contributed by atoms with Crippen LogP contribution >= 0.6 is 0 Å². The third-order valence-electron chi connectivity index (χ3n) is 7.94. The molecule has 0 amide bonds. The molecular weight excluding hydrogens is 454 g/mol. The molecule has 3 aromatic rings. The number of fused-ring (bicyclic) bond motifs is 1. The van der Waals surface area contributed by atoms with Crippen LogP contribution in [0.5, 0.6) is 0 Å². The molecular formula is C27H39N7O2. The first-order valence-corrected chi connectivity index (χ1v) is 13.5. The van der Waals surface area contributed by atoms with Gasteiger partial charge in [-0.05, 0) is 43.7 Å². The Morgan fingerprint density at radius 1 is 1.25 bits per heavy atom. The van der Waals surface area contributed by atoms with Gasteiger partial charge in [0.2, 0.25) is 5.95 Å². The van der Waals surface area contributed by atoms with Crippen LogP contribution in [-0.4, -0.2) is 50.5 Å². The van der Waals surface area contributed by atoms with Gasteiger partial charge >= 0.3 is 5.97 Å². The molecule has 9 nitrogen and oxygen atoms in total. The van der Waals surface area contributed by atoms with Crippen molar-refractivity contribution in [1.82, 2.24) is 24.8 Å². The van der Waals surface area contributed by atoms with Crippen LogP contribution in [0.3, 0.4) is 0 Å². The molecule has 2 N–H and O–H groups in total. The Bertz CT molecular complexity index is 1180. The molecule has 194 valence electrons. The first kappa shape index (κ1) is 24.6. The molecule has 0 radical (unpaired) electrons. The lowest BCUT2D eigenvalue weighted by Gasteiger charge is -2.23. The van der Waals surface area contributed by atoms with E-state index in [1.54, 1.807) is 0 Å². The summed E-state index contributed by atoms with van der Waals surface area (Å²) < 4.78 is 6.99. The molecule has 4 heterocycles. The molecule has 0 aromatic carbocycles. The Morgan fingerprint density at radius 2 is 2.06 bits per heavy atom. The van der Waals surface area contributed by atoms with Gasteiger partial charge in [0.25, 0.3) is 0 Å². The number of ether oxygens (including phenoxy) is 1. The predicted octanol–water partition coefficient (Wildman–Crippen LogP) is 5.37. The molecule has 9 heteroatoms. The Balaban J connectivity index is 1.34. The molecule has 36 heavy (non-hydrogen) atoms. The van der Waals surface area contributed by atoms with Crippen molar-refractivity contribution in [2.45, 2.75) is 89.5 Å². The zero-order valence-electron chi connectivity index (χ0n) is 21.8. The lowest BCUT2D eigenvalue weighted by Crippen LogP contribution is -2.38. The topological polar surface area (TPSA) is 100 Å². The number of esters is 1. The van der Waals surface area contributed by atoms with Gasteiger partial charge in [-0.3, -0.25) is 5.10 Å². The van der Waals surface area contributed by atoms with E-state index in [0.717, 1.165) is 36.4 Å². The summed E-state index contributed by atoms with van der Waals surface area (Å²) in [7, 11) is 1.46. The summed E-state index contributed by atoms with van der Waals surface area (Å²) >= 11 is 0. The van der Waals surface area contributed by atoms with E-state index in [-0.39, 0.29) is 17.4 Å². The van der Waals surface area contributed by atoms with Crippen LogP contribution in [0.1, 0.15) is 83.7 Å². The van der Waals surface area contributed by atoms with Crippen molar-refractivity contribution in [2.75, 3.05) is 23.9 Å². The van der Waals surface area contributed by atoms with Crippen LogP contribution in [0.25, 0.3) is 5.52 Å². The average molecular weight is 494 g/mol. The Morgan fingerprint density at radius 3 is 2.83 bits per heavy atom. The largest absolute Gasteiger partial charge is 0.467 e. The summed E-state index contributed by atoms with van der Waals surface area (Å²) in [5.74, 6) is 2.14. The van der Waals surface area contributed by atoms with E-state index >= 15 is 0 Å². The Labute approximate surface area is 213 Å². The minimum Gasteiger partial charge on any atom is -0.467 e. The second-order valence-electron chi connectivity index (χ2n) is 10.8. The highest BCUT2D eigenvalue weighted by Gasteiger charge is 2.41. The van der Waals surface area contributed by atoms with Crippen molar-refractivity contribution in [1.29, 1.82) is 0 Å². The maximum Gasteiger partial charge on any atom is 0.328 e. The van der Waals surface area contributed by atoms with Gasteiger partial charge in [0.05, 0.1) is 7.11 Å². The average Bonchev–Trinajstić information content (AvgIpc) is 3.29. The van der Waals surface area contributed by atoms with Gasteiger partial charge in [-0.2, -0.15) is 10.1 Å². The van der Waals surface area contributed by atoms with Crippen molar-refractivity contribution < 1.29 is 9.53 Å². The number of hydrogen-bond donors (Lipinski definition) is 2. The number of aromatic amines is 1. The summed E-state index contributed by atoms with van der Waals surface area (Å²) in [5, 5.41) is 15.8. The summed E-state index contributed by atoms with van der Waals surface area (Å²) in [5.41, 5.74) is 2.22. The fraction of sp³-hybridized carbons (Fsp3) is 0.630. The van der Waals surface area contributed by atoms with Crippen molar-refractivity contribution in [3.05, 3.63) is 30.1 Å². The standard InChI is InChI=1S/C27H39N7O2/c1-4-5-6-7-8-9-11-19-16-21(25(35)36-3)33(18-19)26-29-24(20-12-10-15-34(20)32-26)28-23-17-22(30-31-23)27(2)13-14-27/h10,12,15,17,19,21H,4-9,11,13-14,16,18H2,1-3H3,(H2,28,29,30,31,32)/t19-,21+/m1/s1. The number of nitrogens with zero attached hydrogens (tertiary/aromatic N) is 5. The van der Waals surface area contributed by atoms with Crippen molar-refractivity contribution in [3.8, 4) is 0 Å². The highest BCUT2D eigenvalue weighted by molar-refractivity contribution is 5.80. The third-order valence-corrected chi connectivity index (χ3v) is 7.94. The predicted molar refractivity (Wildman–Crippen MR) is 141 cm³/mol. The quantitative estimate of drug-likeness (QED) is 0.258. The second-order valence-corrected chi connectivity index (χ2v) is 10.8. The number of rotatable bonds is 12. The maximum atomic E-state index is 12.7. The van der Waals surface area contributed by atoms with E-state index in [9.17, 15) is 4.79 Å². The fourth-order valence-electron chi connectivity index (χ4n) is 5.34. The summed E-state index contributed by atoms with van der Waals surface area (Å²) in [6.45, 7) is 5.25. The van der Waals surface area contributed by atoms with Crippen molar-refractivity contribution in [2.24, 2.45) is 5.92 Å². The van der Waals surface area contributed by atoms with E-state index in [2.05, 4.69) is 35.4 Å². The van der Waals surface area contributed by atoms with Gasteiger partial charge in [0.15, 0.2) is 11.6 Å². The molecule has 0 spiro atoms. The highest BCUT2D eigenvalue weighted by Crippen LogP contribution is 2.47. The van der Waals surface area contributed by atoms with E-state index in [1.165, 1.54) is 58.5 Å². The smallest absolute Gasteiger partial charge is 0.328 e. The van der Waals surface area contributed by atoms with Crippen molar-refractivity contribution in [3.63, 3.8) is 0 Å². The summed E-state index contributed by atoms with van der Waals surface area (Å²) in [6, 6.07) is 5.62. The number of carbonyl (C=O) groups is 1. The van der Waals surface area contributed by atoms with Gasteiger partial charge in [-0.15, -0.1) is 5.10 Å². The van der Waals surface area contributed by atoms with Crippen LogP contribution in [0.15, 0.2) is 24.4 Å². The van der Waals surface area contributed by atoms with Gasteiger partial charge in [-0.1, -0.05) is 52.4 Å². The molecule has 1 aliphatic carbocycles. The molecule has 5 rings (SSSR count). The normalized spacial score (nSPS) is 20.7. The van der Waals surface area contributed by atoms with E-state index in [0.29, 0.717) is 17.7 Å². The van der Waals surface area contributed by atoms with Gasteiger partial charge in [0.1, 0.15) is 11.6 Å². The molecule has 1 saturated carbocycles. The molecule has 1 saturated heterocycles. The van der Waals surface area contributed by atoms with Gasteiger partial charge in [-0.25, -0.2) is 9.31 Å². The Hall–Kier alpha value is -3.10. The molecule has 3 aromatic heterocycles. The zero-order chi connectivity index (χ0) is 25.1. The number of methoxy groups -OCH3 is 1. The summed E-state index contributed by atoms with van der Waals surface area (Å²) in [4.78, 5) is 19.6. The number of H-pyrrole nitrogens is 1. The van der Waals surface area contributed by atoms with Gasteiger partial charge < -0.3 is 15.0 Å². The summed E-state index contributed by atoms with van der Waals surface area (Å²) in [6.07, 6.45) is 13.8. The molecule has 2 aliphatic rings. The second kappa shape index (κ2) is 10.5. The molecule has 0 unspecified atom stereocenters. The van der Waals surface area contributed by atoms with Crippen molar-refractivity contribution >= 4 is 29.1 Å². The molecule has 1 aliphatic heterocycles. The minimum atomic E-state index is -0.368. The number of carbonyl (C=O) groups excluding carboxylic acids is 1. The lowest BCUT2D eigenvalue weighted by atomic mass is 9.97. The molecule has 0 bridgehead atoms.